The Balaban J connectivity index is 1.17. The molecule has 0 aromatic heterocycles. The summed E-state index contributed by atoms with van der Waals surface area (Å²) in [7, 11) is 0. The number of hydrogen-bond acceptors (Lipinski definition) is 1. The standard InChI is InChI=1S/C61H47N/c1-59(2)53-29-17-14-26-46(53)49-34-32-43(38-56(49)59)62(45-36-51(40-20-8-5-9-21-40)58-52(37-45)48-28-15-18-30-54(48)60(58,3)4)44-33-35-50-47-27-16-19-31-55(47)61(57(50)39-44,41-22-10-6-11-23-41)42-24-12-7-13-25-42/h5-39H,1-4H3. The molecule has 0 saturated carbocycles. The highest BCUT2D eigenvalue weighted by molar-refractivity contribution is 5.95. The van der Waals surface area contributed by atoms with Gasteiger partial charge < -0.3 is 4.90 Å². The molecule has 0 spiro atoms. The zero-order valence-electron chi connectivity index (χ0n) is 35.7. The van der Waals surface area contributed by atoms with Gasteiger partial charge in [0.2, 0.25) is 0 Å². The molecule has 0 unspecified atom stereocenters. The summed E-state index contributed by atoms with van der Waals surface area (Å²) in [4.78, 5) is 2.55. The van der Waals surface area contributed by atoms with Gasteiger partial charge in [0.05, 0.1) is 5.41 Å². The van der Waals surface area contributed by atoms with Crippen LogP contribution in [0.15, 0.2) is 212 Å². The first-order chi connectivity index (χ1) is 30.3. The SMILES string of the molecule is CC1(C)c2ccccc2-c2ccc(N(c3cc(-c4ccccc4)c4c(c3)-c3ccccc3C4(C)C)c3ccc4c(c3)C(c3ccccc3)(c3ccccc3)c3ccccc3-4)cc21. The van der Waals surface area contributed by atoms with Crippen LogP contribution in [0.4, 0.5) is 17.1 Å². The predicted molar refractivity (Wildman–Crippen MR) is 259 cm³/mol. The van der Waals surface area contributed by atoms with Crippen molar-refractivity contribution in [1.82, 2.24) is 0 Å². The van der Waals surface area contributed by atoms with Crippen LogP contribution in [0.5, 0.6) is 0 Å². The summed E-state index contributed by atoms with van der Waals surface area (Å²) in [5.41, 5.74) is 23.5. The van der Waals surface area contributed by atoms with Gasteiger partial charge in [0, 0.05) is 27.9 Å². The van der Waals surface area contributed by atoms with Crippen molar-refractivity contribution < 1.29 is 0 Å². The van der Waals surface area contributed by atoms with Crippen LogP contribution in [-0.4, -0.2) is 0 Å². The van der Waals surface area contributed by atoms with Gasteiger partial charge in [0.1, 0.15) is 0 Å². The van der Waals surface area contributed by atoms with Crippen LogP contribution < -0.4 is 4.90 Å². The van der Waals surface area contributed by atoms with Crippen LogP contribution in [0.1, 0.15) is 72.2 Å². The Kier molecular flexibility index (Phi) is 7.91. The number of hydrogen-bond donors (Lipinski definition) is 0. The summed E-state index contributed by atoms with van der Waals surface area (Å²) in [5, 5.41) is 0. The average molecular weight is 794 g/mol. The van der Waals surface area contributed by atoms with Crippen molar-refractivity contribution in [3.63, 3.8) is 0 Å². The van der Waals surface area contributed by atoms with E-state index < -0.39 is 5.41 Å². The molecular weight excluding hydrogens is 747 g/mol. The highest BCUT2D eigenvalue weighted by Crippen LogP contribution is 2.59. The molecule has 1 nitrogen and oxygen atoms in total. The van der Waals surface area contributed by atoms with E-state index in [0.717, 1.165) is 17.1 Å². The quantitative estimate of drug-likeness (QED) is 0.162. The minimum atomic E-state index is -0.520. The zero-order valence-corrected chi connectivity index (χ0v) is 35.7. The summed E-state index contributed by atoms with van der Waals surface area (Å²) in [6, 6.07) is 79.8. The molecule has 62 heavy (non-hydrogen) atoms. The van der Waals surface area contributed by atoms with E-state index in [0.29, 0.717) is 0 Å². The molecule has 0 fully saturated rings. The lowest BCUT2D eigenvalue weighted by molar-refractivity contribution is 0.660. The Labute approximate surface area is 365 Å². The van der Waals surface area contributed by atoms with Gasteiger partial charge >= 0.3 is 0 Å². The first-order valence-electron chi connectivity index (χ1n) is 22.0. The Morgan fingerprint density at radius 1 is 0.290 bits per heavy atom. The highest BCUT2D eigenvalue weighted by atomic mass is 15.1. The lowest BCUT2D eigenvalue weighted by atomic mass is 9.67. The van der Waals surface area contributed by atoms with Gasteiger partial charge in [-0.05, 0) is 125 Å². The molecule has 296 valence electrons. The van der Waals surface area contributed by atoms with Gasteiger partial charge in [-0.3, -0.25) is 0 Å². The third-order valence-electron chi connectivity index (χ3n) is 14.5. The molecule has 0 radical (unpaired) electrons. The molecule has 0 atom stereocenters. The topological polar surface area (TPSA) is 3.24 Å². The molecule has 3 aliphatic rings. The predicted octanol–water partition coefficient (Wildman–Crippen LogP) is 15.8. The smallest absolute Gasteiger partial charge is 0.0714 e. The number of benzene rings is 9. The third-order valence-corrected chi connectivity index (χ3v) is 14.5. The molecule has 0 N–H and O–H groups in total. The van der Waals surface area contributed by atoms with Crippen molar-refractivity contribution in [2.24, 2.45) is 0 Å². The molecule has 0 aliphatic heterocycles. The lowest BCUT2D eigenvalue weighted by Crippen LogP contribution is -2.28. The molecule has 12 rings (SSSR count). The summed E-state index contributed by atoms with van der Waals surface area (Å²) >= 11 is 0. The van der Waals surface area contributed by atoms with Gasteiger partial charge in [0.15, 0.2) is 0 Å². The van der Waals surface area contributed by atoms with E-state index in [9.17, 15) is 0 Å². The second kappa shape index (κ2) is 13.4. The lowest BCUT2D eigenvalue weighted by Gasteiger charge is -2.35. The molecule has 3 aliphatic carbocycles. The summed E-state index contributed by atoms with van der Waals surface area (Å²) in [6.45, 7) is 9.56. The first kappa shape index (κ1) is 36.6. The summed E-state index contributed by atoms with van der Waals surface area (Å²) < 4.78 is 0. The van der Waals surface area contributed by atoms with E-state index in [1.165, 1.54) is 89.0 Å². The Hall–Kier alpha value is -7.22. The van der Waals surface area contributed by atoms with Crippen molar-refractivity contribution in [1.29, 1.82) is 0 Å². The van der Waals surface area contributed by atoms with E-state index in [-0.39, 0.29) is 10.8 Å². The van der Waals surface area contributed by atoms with Crippen LogP contribution in [0, 0.1) is 0 Å². The number of anilines is 3. The number of rotatable bonds is 6. The molecule has 0 bridgehead atoms. The van der Waals surface area contributed by atoms with Crippen molar-refractivity contribution in [3.8, 4) is 44.5 Å². The fourth-order valence-electron chi connectivity index (χ4n) is 11.7. The molecule has 0 saturated heterocycles. The van der Waals surface area contributed by atoms with Crippen molar-refractivity contribution >= 4 is 17.1 Å². The second-order valence-electron chi connectivity index (χ2n) is 18.4. The zero-order chi connectivity index (χ0) is 41.8. The van der Waals surface area contributed by atoms with Crippen LogP contribution in [0.3, 0.4) is 0 Å². The third kappa shape index (κ3) is 5.03. The van der Waals surface area contributed by atoms with Crippen LogP contribution in [0.25, 0.3) is 44.5 Å². The van der Waals surface area contributed by atoms with Gasteiger partial charge in [-0.25, -0.2) is 0 Å². The maximum Gasteiger partial charge on any atom is 0.0714 e. The van der Waals surface area contributed by atoms with E-state index in [1.54, 1.807) is 0 Å². The fourth-order valence-corrected chi connectivity index (χ4v) is 11.7. The maximum atomic E-state index is 2.55. The molecule has 9 aromatic carbocycles. The molecular formula is C61H47N. The minimum Gasteiger partial charge on any atom is -0.310 e. The second-order valence-corrected chi connectivity index (χ2v) is 18.4. The van der Waals surface area contributed by atoms with Gasteiger partial charge in [-0.2, -0.15) is 0 Å². The Bertz CT molecular complexity index is 3190. The summed E-state index contributed by atoms with van der Waals surface area (Å²) in [6.07, 6.45) is 0. The van der Waals surface area contributed by atoms with Crippen molar-refractivity contribution in [2.45, 2.75) is 43.9 Å². The highest BCUT2D eigenvalue weighted by Gasteiger charge is 2.47. The largest absolute Gasteiger partial charge is 0.310 e. The van der Waals surface area contributed by atoms with E-state index in [4.69, 9.17) is 0 Å². The Morgan fingerprint density at radius 2 is 0.710 bits per heavy atom. The van der Waals surface area contributed by atoms with Crippen LogP contribution >= 0.6 is 0 Å². The van der Waals surface area contributed by atoms with E-state index in [1.807, 2.05) is 0 Å². The van der Waals surface area contributed by atoms with Crippen molar-refractivity contribution in [3.05, 3.63) is 257 Å². The minimum absolute atomic E-state index is 0.154. The molecule has 1 heteroatoms. The maximum absolute atomic E-state index is 2.55. The van der Waals surface area contributed by atoms with Crippen LogP contribution in [0.2, 0.25) is 0 Å². The van der Waals surface area contributed by atoms with E-state index >= 15 is 0 Å². The summed E-state index contributed by atoms with van der Waals surface area (Å²) in [5.74, 6) is 0. The van der Waals surface area contributed by atoms with Crippen LogP contribution in [-0.2, 0) is 16.2 Å². The first-order valence-corrected chi connectivity index (χ1v) is 22.0. The van der Waals surface area contributed by atoms with Gasteiger partial charge in [0.25, 0.3) is 0 Å². The monoisotopic (exact) mass is 793 g/mol. The Morgan fingerprint density at radius 3 is 1.31 bits per heavy atom. The average Bonchev–Trinajstić information content (AvgIpc) is 3.84. The normalized spacial score (nSPS) is 15.2. The fraction of sp³-hybridized carbons (Fsp3) is 0.115. The van der Waals surface area contributed by atoms with E-state index in [2.05, 4.69) is 245 Å². The number of nitrogens with zero attached hydrogens (tertiary/aromatic N) is 1. The van der Waals surface area contributed by atoms with Gasteiger partial charge in [-0.1, -0.05) is 204 Å². The van der Waals surface area contributed by atoms with Crippen molar-refractivity contribution in [2.75, 3.05) is 4.90 Å². The number of fused-ring (bicyclic) bond motifs is 9. The molecule has 9 aromatic rings. The van der Waals surface area contributed by atoms with Gasteiger partial charge in [-0.15, -0.1) is 0 Å². The molecule has 0 heterocycles. The molecule has 0 amide bonds.